The largest absolute Gasteiger partial charge is 0.468 e. The second-order valence-electron chi connectivity index (χ2n) is 6.98. The molecule has 0 spiro atoms. The monoisotopic (exact) mass is 349 g/mol. The SMILES string of the molecule is CN=C(NCCCN1CCCCCC1)NCC(c1ccco1)N(C)C. The predicted octanol–water partition coefficient (Wildman–Crippen LogP) is 2.31. The van der Waals surface area contributed by atoms with Gasteiger partial charge in [-0.3, -0.25) is 9.89 Å². The maximum absolute atomic E-state index is 5.55. The van der Waals surface area contributed by atoms with Gasteiger partial charge in [-0.2, -0.15) is 0 Å². The van der Waals surface area contributed by atoms with Gasteiger partial charge in [0.15, 0.2) is 5.96 Å². The molecule has 1 aromatic rings. The van der Waals surface area contributed by atoms with E-state index in [2.05, 4.69) is 39.5 Å². The number of furan rings is 1. The van der Waals surface area contributed by atoms with Crippen molar-refractivity contribution in [3.05, 3.63) is 24.2 Å². The summed E-state index contributed by atoms with van der Waals surface area (Å²) in [4.78, 5) is 9.08. The fraction of sp³-hybridized carbons (Fsp3) is 0.737. The highest BCUT2D eigenvalue weighted by molar-refractivity contribution is 5.79. The number of aliphatic imine (C=N–C) groups is 1. The zero-order chi connectivity index (χ0) is 17.9. The van der Waals surface area contributed by atoms with Gasteiger partial charge in [0.1, 0.15) is 5.76 Å². The summed E-state index contributed by atoms with van der Waals surface area (Å²) in [6, 6.07) is 4.14. The van der Waals surface area contributed by atoms with E-state index in [0.29, 0.717) is 0 Å². The Bertz CT molecular complexity index is 478. The Labute approximate surface area is 152 Å². The summed E-state index contributed by atoms with van der Waals surface area (Å²) in [5, 5.41) is 6.84. The Balaban J connectivity index is 1.67. The Morgan fingerprint density at radius 1 is 1.24 bits per heavy atom. The molecule has 1 aromatic heterocycles. The number of guanidine groups is 1. The van der Waals surface area contributed by atoms with Crippen molar-refractivity contribution < 1.29 is 4.42 Å². The lowest BCUT2D eigenvalue weighted by atomic mass is 10.2. The van der Waals surface area contributed by atoms with Crippen LogP contribution in [0.5, 0.6) is 0 Å². The van der Waals surface area contributed by atoms with E-state index in [9.17, 15) is 0 Å². The summed E-state index contributed by atoms with van der Waals surface area (Å²) in [5.74, 6) is 1.82. The molecule has 1 saturated heterocycles. The third-order valence-electron chi connectivity index (χ3n) is 4.82. The molecule has 0 saturated carbocycles. The van der Waals surface area contributed by atoms with E-state index in [4.69, 9.17) is 4.42 Å². The number of likely N-dealkylation sites (tertiary alicyclic amines) is 1. The van der Waals surface area contributed by atoms with Crippen molar-refractivity contribution in [3.63, 3.8) is 0 Å². The van der Waals surface area contributed by atoms with Crippen molar-refractivity contribution in [2.75, 3.05) is 53.9 Å². The van der Waals surface area contributed by atoms with Gasteiger partial charge in [0.2, 0.25) is 0 Å². The van der Waals surface area contributed by atoms with Crippen LogP contribution in [0.15, 0.2) is 27.8 Å². The molecular formula is C19H35N5O. The van der Waals surface area contributed by atoms with Gasteiger partial charge < -0.3 is 20.0 Å². The Kier molecular flexibility index (Phi) is 8.83. The lowest BCUT2D eigenvalue weighted by Crippen LogP contribution is -2.42. The molecule has 6 nitrogen and oxygen atoms in total. The lowest BCUT2D eigenvalue weighted by molar-refractivity contribution is 0.258. The number of likely N-dealkylation sites (N-methyl/N-ethyl adjacent to an activating group) is 1. The van der Waals surface area contributed by atoms with Crippen LogP contribution in [0, 0.1) is 0 Å². The van der Waals surface area contributed by atoms with Gasteiger partial charge in [-0.15, -0.1) is 0 Å². The average molecular weight is 350 g/mol. The maximum atomic E-state index is 5.55. The van der Waals surface area contributed by atoms with Crippen LogP contribution in [0.1, 0.15) is 43.9 Å². The third-order valence-corrected chi connectivity index (χ3v) is 4.82. The number of hydrogen-bond acceptors (Lipinski definition) is 4. The maximum Gasteiger partial charge on any atom is 0.191 e. The zero-order valence-electron chi connectivity index (χ0n) is 16.1. The standard InChI is InChI=1S/C19H35N5O/c1-20-19(21-11-9-14-24-12-6-4-5-7-13-24)22-16-17(23(2)3)18-10-8-15-25-18/h8,10,15,17H,4-7,9,11-14,16H2,1-3H3,(H2,20,21,22). The first-order valence-corrected chi connectivity index (χ1v) is 9.57. The Morgan fingerprint density at radius 2 is 2.00 bits per heavy atom. The fourth-order valence-corrected chi connectivity index (χ4v) is 3.30. The van der Waals surface area contributed by atoms with Crippen LogP contribution in [0.3, 0.4) is 0 Å². The van der Waals surface area contributed by atoms with Gasteiger partial charge in [0.05, 0.1) is 12.3 Å². The molecule has 1 aliphatic rings. The van der Waals surface area contributed by atoms with E-state index in [1.165, 1.54) is 45.3 Å². The van der Waals surface area contributed by atoms with E-state index in [0.717, 1.165) is 31.2 Å². The molecule has 1 fully saturated rings. The van der Waals surface area contributed by atoms with Gasteiger partial charge in [-0.25, -0.2) is 0 Å². The molecule has 2 N–H and O–H groups in total. The number of nitrogens with one attached hydrogen (secondary N) is 2. The molecule has 2 heterocycles. The minimum Gasteiger partial charge on any atom is -0.468 e. The van der Waals surface area contributed by atoms with Gasteiger partial charge in [-0.1, -0.05) is 12.8 Å². The second-order valence-corrected chi connectivity index (χ2v) is 6.98. The van der Waals surface area contributed by atoms with Crippen LogP contribution in [0.25, 0.3) is 0 Å². The van der Waals surface area contributed by atoms with Crippen LogP contribution in [-0.2, 0) is 0 Å². The highest BCUT2D eigenvalue weighted by Crippen LogP contribution is 2.17. The summed E-state index contributed by atoms with van der Waals surface area (Å²) >= 11 is 0. The molecule has 6 heteroatoms. The van der Waals surface area contributed by atoms with E-state index in [-0.39, 0.29) is 6.04 Å². The van der Waals surface area contributed by atoms with Crippen LogP contribution in [0.4, 0.5) is 0 Å². The molecule has 0 radical (unpaired) electrons. The topological polar surface area (TPSA) is 56.0 Å². The molecular weight excluding hydrogens is 314 g/mol. The molecule has 0 amide bonds. The molecule has 2 rings (SSSR count). The summed E-state index contributed by atoms with van der Waals surface area (Å²) in [7, 11) is 5.94. The Hall–Kier alpha value is -1.53. The van der Waals surface area contributed by atoms with E-state index in [1.807, 2.05) is 19.2 Å². The molecule has 0 aliphatic carbocycles. The lowest BCUT2D eigenvalue weighted by Gasteiger charge is -2.24. The predicted molar refractivity (Wildman–Crippen MR) is 104 cm³/mol. The van der Waals surface area contributed by atoms with Crippen molar-refractivity contribution >= 4 is 5.96 Å². The van der Waals surface area contributed by atoms with E-state index >= 15 is 0 Å². The van der Waals surface area contributed by atoms with E-state index in [1.54, 1.807) is 6.26 Å². The van der Waals surface area contributed by atoms with Crippen molar-refractivity contribution in [1.82, 2.24) is 20.4 Å². The highest BCUT2D eigenvalue weighted by Gasteiger charge is 2.17. The third kappa shape index (κ3) is 7.08. The minimum absolute atomic E-state index is 0.186. The number of hydrogen-bond donors (Lipinski definition) is 2. The number of rotatable bonds is 8. The van der Waals surface area contributed by atoms with Gasteiger partial charge in [0.25, 0.3) is 0 Å². The number of nitrogens with zero attached hydrogens (tertiary/aromatic N) is 3. The molecule has 25 heavy (non-hydrogen) atoms. The summed E-state index contributed by atoms with van der Waals surface area (Å²) in [6.07, 6.45) is 8.38. The van der Waals surface area contributed by atoms with Crippen molar-refractivity contribution in [2.24, 2.45) is 4.99 Å². The molecule has 1 atom stereocenters. The normalized spacial score (nSPS) is 18.2. The van der Waals surface area contributed by atoms with Gasteiger partial charge in [-0.05, 0) is 65.1 Å². The zero-order valence-corrected chi connectivity index (χ0v) is 16.1. The molecule has 1 aliphatic heterocycles. The van der Waals surface area contributed by atoms with Gasteiger partial charge >= 0.3 is 0 Å². The average Bonchev–Trinajstić information content (AvgIpc) is 3.00. The fourth-order valence-electron chi connectivity index (χ4n) is 3.30. The first kappa shape index (κ1) is 19.8. The Morgan fingerprint density at radius 3 is 2.60 bits per heavy atom. The van der Waals surface area contributed by atoms with E-state index < -0.39 is 0 Å². The van der Waals surface area contributed by atoms with Gasteiger partial charge in [0, 0.05) is 20.1 Å². The summed E-state index contributed by atoms with van der Waals surface area (Å²) in [5.41, 5.74) is 0. The second kappa shape index (κ2) is 11.2. The van der Waals surface area contributed by atoms with Crippen molar-refractivity contribution in [3.8, 4) is 0 Å². The highest BCUT2D eigenvalue weighted by atomic mass is 16.3. The van der Waals surface area contributed by atoms with Crippen molar-refractivity contribution in [2.45, 2.75) is 38.1 Å². The minimum atomic E-state index is 0.186. The molecule has 0 aromatic carbocycles. The van der Waals surface area contributed by atoms with Crippen LogP contribution in [0.2, 0.25) is 0 Å². The quantitative estimate of drug-likeness (QED) is 0.428. The molecule has 0 bridgehead atoms. The van der Waals surface area contributed by atoms with Crippen LogP contribution >= 0.6 is 0 Å². The van der Waals surface area contributed by atoms with Crippen LogP contribution in [-0.4, -0.2) is 69.6 Å². The van der Waals surface area contributed by atoms with Crippen LogP contribution < -0.4 is 10.6 Å². The first-order valence-electron chi connectivity index (χ1n) is 9.57. The first-order chi connectivity index (χ1) is 12.2. The molecule has 1 unspecified atom stereocenters. The molecule has 142 valence electrons. The van der Waals surface area contributed by atoms with Crippen molar-refractivity contribution in [1.29, 1.82) is 0 Å². The smallest absolute Gasteiger partial charge is 0.191 e. The summed E-state index contributed by atoms with van der Waals surface area (Å²) in [6.45, 7) is 5.41. The summed E-state index contributed by atoms with van der Waals surface area (Å²) < 4.78 is 5.55.